The molecule has 0 aliphatic carbocycles. The largest absolute Gasteiger partial charge is 0.479 e. The molecule has 3 heterocycles. The lowest BCUT2D eigenvalue weighted by atomic mass is 10.2. The zero-order valence-corrected chi connectivity index (χ0v) is 10.6. The summed E-state index contributed by atoms with van der Waals surface area (Å²) in [5.74, 6) is 1.63. The minimum absolute atomic E-state index is 0.436. The first kappa shape index (κ1) is 11.0. The number of aromatic nitrogens is 4. The van der Waals surface area contributed by atoms with E-state index in [4.69, 9.17) is 9.15 Å². The number of hydrogen-bond donors (Lipinski definition) is 0. The van der Waals surface area contributed by atoms with Gasteiger partial charge in [0.05, 0.1) is 19.5 Å². The molecule has 4 rings (SSSR count). The lowest BCUT2D eigenvalue weighted by Crippen LogP contribution is -1.96. The van der Waals surface area contributed by atoms with E-state index >= 15 is 0 Å². The summed E-state index contributed by atoms with van der Waals surface area (Å²) in [6.07, 6.45) is 3.30. The number of rotatable bonds is 2. The average Bonchev–Trinajstić information content (AvgIpc) is 3.09. The van der Waals surface area contributed by atoms with Crippen molar-refractivity contribution >= 4 is 16.7 Å². The Bertz CT molecular complexity index is 877. The summed E-state index contributed by atoms with van der Waals surface area (Å²) in [7, 11) is 1.55. The number of imidazole rings is 1. The van der Waals surface area contributed by atoms with Crippen LogP contribution in [0.5, 0.6) is 5.88 Å². The second kappa shape index (κ2) is 4.06. The fourth-order valence-electron chi connectivity index (χ4n) is 2.09. The van der Waals surface area contributed by atoms with Crippen LogP contribution in [0.4, 0.5) is 0 Å². The quantitative estimate of drug-likeness (QED) is 0.558. The molecule has 20 heavy (non-hydrogen) atoms. The van der Waals surface area contributed by atoms with Crippen LogP contribution in [0.1, 0.15) is 0 Å². The second-order valence-electron chi connectivity index (χ2n) is 4.32. The Balaban J connectivity index is 1.88. The first-order chi connectivity index (χ1) is 9.83. The lowest BCUT2D eigenvalue weighted by Gasteiger charge is -1.95. The first-order valence-corrected chi connectivity index (χ1v) is 6.09. The molecule has 0 spiro atoms. The zero-order valence-electron chi connectivity index (χ0n) is 10.6. The third kappa shape index (κ3) is 1.62. The highest BCUT2D eigenvalue weighted by Crippen LogP contribution is 2.26. The molecule has 4 aromatic rings. The monoisotopic (exact) mass is 266 g/mol. The number of benzene rings is 1. The van der Waals surface area contributed by atoms with Crippen LogP contribution >= 0.6 is 0 Å². The Morgan fingerprint density at radius 2 is 2.15 bits per heavy atom. The van der Waals surface area contributed by atoms with Crippen molar-refractivity contribution in [2.75, 3.05) is 7.11 Å². The van der Waals surface area contributed by atoms with E-state index in [1.54, 1.807) is 17.8 Å². The van der Waals surface area contributed by atoms with Gasteiger partial charge in [-0.15, -0.1) is 5.10 Å². The zero-order chi connectivity index (χ0) is 13.5. The predicted octanol–water partition coefficient (Wildman–Crippen LogP) is 2.55. The van der Waals surface area contributed by atoms with Crippen molar-refractivity contribution in [3.8, 4) is 17.3 Å². The van der Waals surface area contributed by atoms with Crippen LogP contribution in [0, 0.1) is 0 Å². The van der Waals surface area contributed by atoms with E-state index in [-0.39, 0.29) is 0 Å². The van der Waals surface area contributed by atoms with Gasteiger partial charge in [-0.1, -0.05) is 18.2 Å². The SMILES string of the molecule is COc1cnc2nc(-c3cc4ccccc4o3)cn2n1. The van der Waals surface area contributed by atoms with Crippen LogP contribution in [0.3, 0.4) is 0 Å². The van der Waals surface area contributed by atoms with Gasteiger partial charge in [-0.25, -0.2) is 14.5 Å². The molecule has 1 aromatic carbocycles. The molecule has 6 heteroatoms. The number of fused-ring (bicyclic) bond motifs is 2. The molecule has 0 saturated carbocycles. The second-order valence-corrected chi connectivity index (χ2v) is 4.32. The van der Waals surface area contributed by atoms with Gasteiger partial charge in [0.2, 0.25) is 5.88 Å². The molecule has 0 aliphatic heterocycles. The molecule has 0 bridgehead atoms. The van der Waals surface area contributed by atoms with Gasteiger partial charge in [0.15, 0.2) is 5.76 Å². The van der Waals surface area contributed by atoms with Gasteiger partial charge in [-0.2, -0.15) is 0 Å². The van der Waals surface area contributed by atoms with Crippen LogP contribution in [-0.4, -0.2) is 26.7 Å². The minimum atomic E-state index is 0.436. The van der Waals surface area contributed by atoms with E-state index < -0.39 is 0 Å². The van der Waals surface area contributed by atoms with Crippen LogP contribution in [0.25, 0.3) is 28.2 Å². The van der Waals surface area contributed by atoms with E-state index in [2.05, 4.69) is 15.1 Å². The molecule has 6 nitrogen and oxygen atoms in total. The number of nitrogens with zero attached hydrogens (tertiary/aromatic N) is 4. The summed E-state index contributed by atoms with van der Waals surface area (Å²) in [4.78, 5) is 8.57. The Labute approximate surface area is 113 Å². The summed E-state index contributed by atoms with van der Waals surface area (Å²) >= 11 is 0. The molecular formula is C14H10N4O2. The van der Waals surface area contributed by atoms with Gasteiger partial charge in [0, 0.05) is 5.39 Å². The summed E-state index contributed by atoms with van der Waals surface area (Å²) in [5, 5.41) is 5.26. The van der Waals surface area contributed by atoms with Gasteiger partial charge in [-0.05, 0) is 12.1 Å². The van der Waals surface area contributed by atoms with E-state index in [1.807, 2.05) is 30.3 Å². The topological polar surface area (TPSA) is 65.5 Å². The normalized spacial score (nSPS) is 11.2. The molecule has 98 valence electrons. The van der Waals surface area contributed by atoms with Gasteiger partial charge < -0.3 is 9.15 Å². The Hall–Kier alpha value is -2.89. The van der Waals surface area contributed by atoms with Crippen molar-refractivity contribution in [1.82, 2.24) is 19.6 Å². The Kier molecular flexibility index (Phi) is 2.23. The van der Waals surface area contributed by atoms with Crippen molar-refractivity contribution in [2.45, 2.75) is 0 Å². The molecule has 0 radical (unpaired) electrons. The smallest absolute Gasteiger partial charge is 0.251 e. The summed E-state index contributed by atoms with van der Waals surface area (Å²) in [6.45, 7) is 0. The highest BCUT2D eigenvalue weighted by Gasteiger charge is 2.11. The maximum Gasteiger partial charge on any atom is 0.251 e. The molecule has 0 fully saturated rings. The molecule has 0 atom stereocenters. The fraction of sp³-hybridized carbons (Fsp3) is 0.0714. The summed E-state index contributed by atoms with van der Waals surface area (Å²) < 4.78 is 12.4. The van der Waals surface area contributed by atoms with Crippen molar-refractivity contribution in [1.29, 1.82) is 0 Å². The van der Waals surface area contributed by atoms with Gasteiger partial charge >= 0.3 is 0 Å². The standard InChI is InChI=1S/C14H10N4O2/c1-19-13-7-15-14-16-10(8-18(14)17-13)12-6-9-4-2-3-5-11(9)20-12/h2-8H,1H3. The Morgan fingerprint density at radius 3 is 3.00 bits per heavy atom. The van der Waals surface area contributed by atoms with Gasteiger partial charge in [0.25, 0.3) is 5.78 Å². The van der Waals surface area contributed by atoms with Crippen molar-refractivity contribution in [3.63, 3.8) is 0 Å². The maximum absolute atomic E-state index is 5.78. The third-order valence-corrected chi connectivity index (χ3v) is 3.05. The van der Waals surface area contributed by atoms with E-state index in [0.29, 0.717) is 23.1 Å². The summed E-state index contributed by atoms with van der Waals surface area (Å²) in [5.41, 5.74) is 1.52. The molecule has 0 amide bonds. The Morgan fingerprint density at radius 1 is 1.25 bits per heavy atom. The van der Waals surface area contributed by atoms with Crippen molar-refractivity contribution in [3.05, 3.63) is 42.7 Å². The molecular weight excluding hydrogens is 256 g/mol. The number of hydrogen-bond acceptors (Lipinski definition) is 5. The molecule has 0 N–H and O–H groups in total. The highest BCUT2D eigenvalue weighted by molar-refractivity contribution is 5.82. The van der Waals surface area contributed by atoms with Crippen LogP contribution in [-0.2, 0) is 0 Å². The third-order valence-electron chi connectivity index (χ3n) is 3.05. The molecule has 0 unspecified atom stereocenters. The number of furan rings is 1. The molecule has 0 saturated heterocycles. The van der Waals surface area contributed by atoms with Crippen molar-refractivity contribution < 1.29 is 9.15 Å². The van der Waals surface area contributed by atoms with Gasteiger partial charge in [-0.3, -0.25) is 0 Å². The lowest BCUT2D eigenvalue weighted by molar-refractivity contribution is 0.387. The fourth-order valence-corrected chi connectivity index (χ4v) is 2.09. The van der Waals surface area contributed by atoms with Crippen LogP contribution in [0.15, 0.2) is 47.1 Å². The first-order valence-electron chi connectivity index (χ1n) is 6.09. The average molecular weight is 266 g/mol. The predicted molar refractivity (Wildman–Crippen MR) is 72.5 cm³/mol. The van der Waals surface area contributed by atoms with E-state index in [9.17, 15) is 0 Å². The van der Waals surface area contributed by atoms with Crippen LogP contribution < -0.4 is 4.74 Å². The van der Waals surface area contributed by atoms with E-state index in [0.717, 1.165) is 11.0 Å². The van der Waals surface area contributed by atoms with Gasteiger partial charge in [0.1, 0.15) is 11.3 Å². The minimum Gasteiger partial charge on any atom is -0.479 e. The number of methoxy groups -OCH3 is 1. The maximum atomic E-state index is 5.78. The summed E-state index contributed by atoms with van der Waals surface area (Å²) in [6, 6.07) is 9.78. The molecule has 3 aromatic heterocycles. The van der Waals surface area contributed by atoms with Crippen LogP contribution in [0.2, 0.25) is 0 Å². The van der Waals surface area contributed by atoms with Crippen molar-refractivity contribution in [2.24, 2.45) is 0 Å². The highest BCUT2D eigenvalue weighted by atomic mass is 16.5. The number of para-hydroxylation sites is 1. The number of ether oxygens (including phenoxy) is 1. The van der Waals surface area contributed by atoms with E-state index in [1.165, 1.54) is 6.20 Å². The molecule has 0 aliphatic rings.